The van der Waals surface area contributed by atoms with Crippen molar-refractivity contribution in [1.82, 2.24) is 0 Å². The third kappa shape index (κ3) is 3.77. The first kappa shape index (κ1) is 16.3. The summed E-state index contributed by atoms with van der Waals surface area (Å²) in [5.74, 6) is 0. The second-order valence-corrected chi connectivity index (χ2v) is 9.75. The zero-order valence-corrected chi connectivity index (χ0v) is 15.5. The van der Waals surface area contributed by atoms with Crippen molar-refractivity contribution in [3.63, 3.8) is 0 Å². The van der Waals surface area contributed by atoms with E-state index in [4.69, 9.17) is 0 Å². The van der Waals surface area contributed by atoms with Gasteiger partial charge in [-0.25, -0.2) is 8.42 Å². The Labute approximate surface area is 130 Å². The van der Waals surface area contributed by atoms with Crippen molar-refractivity contribution in [3.8, 4) is 0 Å². The SMILES string of the molecule is CCC[SiH2]CCCN(C)c1ccc2c(c1)C(C)=CS2(=O)=O. The Morgan fingerprint density at radius 3 is 2.71 bits per heavy atom. The number of nitrogens with zero attached hydrogens (tertiary/aromatic N) is 1. The Bertz CT molecular complexity index is 638. The minimum Gasteiger partial charge on any atom is -0.375 e. The van der Waals surface area contributed by atoms with Gasteiger partial charge in [0.2, 0.25) is 9.84 Å². The van der Waals surface area contributed by atoms with Gasteiger partial charge in [0, 0.05) is 34.2 Å². The molecule has 0 fully saturated rings. The van der Waals surface area contributed by atoms with Crippen LogP contribution in [0.3, 0.4) is 0 Å². The first-order valence-electron chi connectivity index (χ1n) is 7.74. The van der Waals surface area contributed by atoms with Gasteiger partial charge in [-0.05, 0) is 42.7 Å². The van der Waals surface area contributed by atoms with Crippen molar-refractivity contribution in [3.05, 3.63) is 29.2 Å². The van der Waals surface area contributed by atoms with E-state index in [2.05, 4.69) is 18.9 Å². The molecule has 0 spiro atoms. The molecule has 0 aliphatic carbocycles. The molecule has 0 unspecified atom stereocenters. The minimum atomic E-state index is -3.20. The van der Waals surface area contributed by atoms with Crippen molar-refractivity contribution in [2.45, 2.75) is 43.7 Å². The van der Waals surface area contributed by atoms with E-state index in [1.807, 2.05) is 19.1 Å². The highest BCUT2D eigenvalue weighted by Crippen LogP contribution is 2.35. The van der Waals surface area contributed by atoms with Crippen LogP contribution in [0.1, 0.15) is 32.3 Å². The Morgan fingerprint density at radius 1 is 1.24 bits per heavy atom. The maximum Gasteiger partial charge on any atom is 0.200 e. The molecule has 3 nitrogen and oxygen atoms in total. The van der Waals surface area contributed by atoms with E-state index >= 15 is 0 Å². The first-order chi connectivity index (χ1) is 9.95. The lowest BCUT2D eigenvalue weighted by molar-refractivity contribution is 0.605. The number of benzene rings is 1. The number of allylic oxidation sites excluding steroid dienone is 1. The Balaban J connectivity index is 2.03. The summed E-state index contributed by atoms with van der Waals surface area (Å²) < 4.78 is 23.9. The Kier molecular flexibility index (Phi) is 5.27. The highest BCUT2D eigenvalue weighted by Gasteiger charge is 2.25. The van der Waals surface area contributed by atoms with Crippen molar-refractivity contribution >= 4 is 30.6 Å². The van der Waals surface area contributed by atoms with Crippen LogP contribution in [0.2, 0.25) is 12.1 Å². The smallest absolute Gasteiger partial charge is 0.200 e. The molecule has 1 aromatic carbocycles. The van der Waals surface area contributed by atoms with Gasteiger partial charge in [0.25, 0.3) is 0 Å². The van der Waals surface area contributed by atoms with Crippen molar-refractivity contribution in [2.75, 3.05) is 18.5 Å². The largest absolute Gasteiger partial charge is 0.375 e. The molecule has 0 radical (unpaired) electrons. The van der Waals surface area contributed by atoms with Gasteiger partial charge in [-0.2, -0.15) is 0 Å². The molecule has 5 heteroatoms. The third-order valence-corrected chi connectivity index (χ3v) is 7.90. The van der Waals surface area contributed by atoms with Crippen LogP contribution in [-0.2, 0) is 9.84 Å². The lowest BCUT2D eigenvalue weighted by atomic mass is 10.1. The summed E-state index contributed by atoms with van der Waals surface area (Å²) in [6.07, 6.45) is 2.57. The second kappa shape index (κ2) is 6.79. The van der Waals surface area contributed by atoms with E-state index in [9.17, 15) is 8.42 Å². The van der Waals surface area contributed by atoms with E-state index in [1.165, 1.54) is 30.3 Å². The molecule has 2 rings (SSSR count). The van der Waals surface area contributed by atoms with Crippen LogP contribution in [0.4, 0.5) is 5.69 Å². The van der Waals surface area contributed by atoms with Crippen molar-refractivity contribution in [2.24, 2.45) is 0 Å². The summed E-state index contributed by atoms with van der Waals surface area (Å²) in [7, 11) is -0.969. The highest BCUT2D eigenvalue weighted by molar-refractivity contribution is 7.95. The highest BCUT2D eigenvalue weighted by atomic mass is 32.2. The van der Waals surface area contributed by atoms with E-state index in [-0.39, 0.29) is 9.52 Å². The van der Waals surface area contributed by atoms with Crippen molar-refractivity contribution < 1.29 is 8.42 Å². The molecule has 0 N–H and O–H groups in total. The van der Waals surface area contributed by atoms with E-state index in [0.29, 0.717) is 4.90 Å². The lowest BCUT2D eigenvalue weighted by Crippen LogP contribution is -2.19. The molecular formula is C16H25NO2SSi. The fraction of sp³-hybridized carbons (Fsp3) is 0.500. The zero-order chi connectivity index (χ0) is 15.5. The molecule has 1 heterocycles. The maximum atomic E-state index is 11.9. The normalized spacial score (nSPS) is 16.2. The Morgan fingerprint density at radius 2 is 2.00 bits per heavy atom. The lowest BCUT2D eigenvalue weighted by Gasteiger charge is -2.20. The number of sulfone groups is 1. The van der Waals surface area contributed by atoms with E-state index < -0.39 is 9.84 Å². The summed E-state index contributed by atoms with van der Waals surface area (Å²) >= 11 is 0. The molecule has 0 aromatic heterocycles. The Hall–Kier alpha value is -1.07. The van der Waals surface area contributed by atoms with Crippen molar-refractivity contribution in [1.29, 1.82) is 0 Å². The summed E-state index contributed by atoms with van der Waals surface area (Å²) in [5.41, 5.74) is 2.81. The molecule has 0 amide bonds. The average molecular weight is 324 g/mol. The molecule has 1 aromatic rings. The molecule has 0 saturated heterocycles. The van der Waals surface area contributed by atoms with Crippen LogP contribution in [-0.4, -0.2) is 31.5 Å². The monoisotopic (exact) mass is 323 g/mol. The van der Waals surface area contributed by atoms with Crippen LogP contribution in [0.15, 0.2) is 28.5 Å². The van der Waals surface area contributed by atoms with Gasteiger partial charge in [0.15, 0.2) is 0 Å². The number of hydrogen-bond acceptors (Lipinski definition) is 3. The quantitative estimate of drug-likeness (QED) is 0.571. The van der Waals surface area contributed by atoms with Gasteiger partial charge in [-0.3, -0.25) is 0 Å². The zero-order valence-electron chi connectivity index (χ0n) is 13.2. The predicted octanol–water partition coefficient (Wildman–Crippen LogP) is 3.08. The average Bonchev–Trinajstić information content (AvgIpc) is 2.68. The molecule has 1 aliphatic heterocycles. The molecule has 0 bridgehead atoms. The molecule has 0 saturated carbocycles. The van der Waals surface area contributed by atoms with E-state index in [0.717, 1.165) is 23.4 Å². The van der Waals surface area contributed by atoms with Gasteiger partial charge in [-0.15, -0.1) is 0 Å². The fourth-order valence-electron chi connectivity index (χ4n) is 2.75. The van der Waals surface area contributed by atoms with Gasteiger partial charge >= 0.3 is 0 Å². The molecular weight excluding hydrogens is 298 g/mol. The number of rotatable bonds is 7. The third-order valence-electron chi connectivity index (χ3n) is 4.06. The van der Waals surface area contributed by atoms with Crippen LogP contribution in [0.5, 0.6) is 0 Å². The van der Waals surface area contributed by atoms with Gasteiger partial charge in [0.1, 0.15) is 0 Å². The van der Waals surface area contributed by atoms with Gasteiger partial charge in [-0.1, -0.05) is 25.4 Å². The minimum absolute atomic E-state index is 0.141. The number of hydrogen-bond donors (Lipinski definition) is 0. The van der Waals surface area contributed by atoms with E-state index in [1.54, 1.807) is 6.07 Å². The van der Waals surface area contributed by atoms with Crippen LogP contribution < -0.4 is 4.90 Å². The van der Waals surface area contributed by atoms with Gasteiger partial charge < -0.3 is 4.90 Å². The van der Waals surface area contributed by atoms with Crippen LogP contribution >= 0.6 is 0 Å². The van der Waals surface area contributed by atoms with Crippen LogP contribution in [0, 0.1) is 0 Å². The predicted molar refractivity (Wildman–Crippen MR) is 93.6 cm³/mol. The second-order valence-electron chi connectivity index (χ2n) is 5.86. The topological polar surface area (TPSA) is 37.4 Å². The summed E-state index contributed by atoms with van der Waals surface area (Å²) in [4.78, 5) is 2.69. The summed E-state index contributed by atoms with van der Waals surface area (Å²) in [5, 5.41) is 1.37. The molecule has 21 heavy (non-hydrogen) atoms. The molecule has 0 atom stereocenters. The summed E-state index contributed by atoms with van der Waals surface area (Å²) in [6, 6.07) is 8.53. The number of fused-ring (bicyclic) bond motifs is 1. The fourth-order valence-corrected chi connectivity index (χ4v) is 5.69. The number of anilines is 1. The summed E-state index contributed by atoms with van der Waals surface area (Å²) in [6.45, 7) is 5.17. The molecule has 116 valence electrons. The first-order valence-corrected chi connectivity index (χ1v) is 11.3. The van der Waals surface area contributed by atoms with Crippen LogP contribution in [0.25, 0.3) is 5.57 Å². The van der Waals surface area contributed by atoms with Gasteiger partial charge in [0.05, 0.1) is 4.90 Å². The maximum absolute atomic E-state index is 11.9. The standard InChI is InChI=1S/C16H25NO2SSi/c1-4-9-21-10-5-8-17(3)14-6-7-16-15(11-14)13(2)12-20(16,18)19/h6-7,11-12H,4-5,8-10,21H2,1-3H3. The molecule has 1 aliphatic rings.